The highest BCUT2D eigenvalue weighted by Gasteiger charge is 2.34. The zero-order chi connectivity index (χ0) is 18.9. The Kier molecular flexibility index (Phi) is 6.37. The van der Waals surface area contributed by atoms with E-state index in [0.717, 1.165) is 24.0 Å². The van der Waals surface area contributed by atoms with Crippen molar-refractivity contribution in [1.82, 2.24) is 4.31 Å². The Morgan fingerprint density at radius 2 is 1.48 bits per heavy atom. The molecule has 2 rings (SSSR count). The van der Waals surface area contributed by atoms with Gasteiger partial charge in [-0.3, -0.25) is 0 Å². The summed E-state index contributed by atoms with van der Waals surface area (Å²) in [4.78, 5) is 0.580. The first kappa shape index (κ1) is 20.4. The quantitative estimate of drug-likeness (QED) is 0.693. The van der Waals surface area contributed by atoms with Crippen LogP contribution in [0.1, 0.15) is 95.8 Å². The summed E-state index contributed by atoms with van der Waals surface area (Å²) in [5.74, 6) is 1.19. The van der Waals surface area contributed by atoms with E-state index < -0.39 is 10.0 Å². The third kappa shape index (κ3) is 4.28. The van der Waals surface area contributed by atoms with Crippen molar-refractivity contribution in [2.45, 2.75) is 84.0 Å². The number of nitrogens with zero attached hydrogens (tertiary/aromatic N) is 1. The summed E-state index contributed by atoms with van der Waals surface area (Å²) in [5.41, 5.74) is 3.19. The van der Waals surface area contributed by atoms with E-state index in [2.05, 4.69) is 60.6 Å². The third-order valence-corrected chi connectivity index (χ3v) is 7.30. The van der Waals surface area contributed by atoms with Crippen molar-refractivity contribution in [2.75, 3.05) is 13.1 Å². The van der Waals surface area contributed by atoms with E-state index >= 15 is 0 Å². The van der Waals surface area contributed by atoms with Gasteiger partial charge in [-0.15, -0.1) is 0 Å². The van der Waals surface area contributed by atoms with Gasteiger partial charge >= 0.3 is 0 Å². The molecule has 25 heavy (non-hydrogen) atoms. The second-order valence-electron chi connectivity index (χ2n) is 8.60. The third-order valence-electron chi connectivity index (χ3n) is 5.30. The predicted octanol–water partition coefficient (Wildman–Crippen LogP) is 5.48. The lowest BCUT2D eigenvalue weighted by Crippen LogP contribution is -2.40. The van der Waals surface area contributed by atoms with Crippen LogP contribution in [0.5, 0.6) is 0 Å². The van der Waals surface area contributed by atoms with Crippen molar-refractivity contribution < 1.29 is 8.42 Å². The standard InChI is InChI=1S/C21H35NO2S/c1-14(2)18-11-19(15(3)4)21(20(12-18)16(5)6)25(23,24)22-10-8-9-17(7)13-22/h11-12,14-17H,8-10,13H2,1-7H3/t17-/m1/s1. The van der Waals surface area contributed by atoms with Crippen molar-refractivity contribution >= 4 is 10.0 Å². The monoisotopic (exact) mass is 365 g/mol. The summed E-state index contributed by atoms with van der Waals surface area (Å²) in [7, 11) is -3.46. The summed E-state index contributed by atoms with van der Waals surface area (Å²) in [6, 6.07) is 4.25. The van der Waals surface area contributed by atoms with E-state index in [1.165, 1.54) is 5.56 Å². The second kappa shape index (κ2) is 7.79. The van der Waals surface area contributed by atoms with Crippen LogP contribution in [0.2, 0.25) is 0 Å². The molecule has 1 aliphatic rings. The minimum atomic E-state index is -3.46. The van der Waals surface area contributed by atoms with E-state index in [0.29, 0.717) is 29.8 Å². The van der Waals surface area contributed by atoms with Gasteiger partial charge in [0.25, 0.3) is 0 Å². The molecule has 4 heteroatoms. The van der Waals surface area contributed by atoms with E-state index in [4.69, 9.17) is 0 Å². The molecule has 0 radical (unpaired) electrons. The Balaban J connectivity index is 2.69. The summed E-state index contributed by atoms with van der Waals surface area (Å²) in [5, 5.41) is 0. The number of hydrogen-bond donors (Lipinski definition) is 0. The van der Waals surface area contributed by atoms with E-state index in [9.17, 15) is 8.42 Å². The lowest BCUT2D eigenvalue weighted by molar-refractivity contribution is 0.281. The largest absolute Gasteiger partial charge is 0.243 e. The van der Waals surface area contributed by atoms with Crippen molar-refractivity contribution in [3.8, 4) is 0 Å². The van der Waals surface area contributed by atoms with Crippen molar-refractivity contribution in [2.24, 2.45) is 5.92 Å². The lowest BCUT2D eigenvalue weighted by atomic mass is 9.89. The van der Waals surface area contributed by atoms with Gasteiger partial charge in [-0.2, -0.15) is 4.31 Å². The van der Waals surface area contributed by atoms with Gasteiger partial charge < -0.3 is 0 Å². The highest BCUT2D eigenvalue weighted by atomic mass is 32.2. The molecule has 0 aromatic heterocycles. The van der Waals surface area contributed by atoms with Gasteiger partial charge in [-0.05, 0) is 53.2 Å². The van der Waals surface area contributed by atoms with Crippen LogP contribution in [-0.2, 0) is 10.0 Å². The normalized spacial score (nSPS) is 20.0. The van der Waals surface area contributed by atoms with E-state index in [1.54, 1.807) is 4.31 Å². The molecular weight excluding hydrogens is 330 g/mol. The average molecular weight is 366 g/mol. The molecule has 1 fully saturated rings. The molecule has 1 atom stereocenters. The average Bonchev–Trinajstić information content (AvgIpc) is 2.53. The van der Waals surface area contributed by atoms with Gasteiger partial charge in [-0.1, -0.05) is 60.6 Å². The first-order valence-corrected chi connectivity index (χ1v) is 11.2. The number of sulfonamides is 1. The maximum atomic E-state index is 13.6. The first-order valence-electron chi connectivity index (χ1n) is 9.73. The highest BCUT2D eigenvalue weighted by Crippen LogP contribution is 2.37. The second-order valence-corrected chi connectivity index (χ2v) is 10.5. The molecule has 3 nitrogen and oxygen atoms in total. The molecular formula is C21H35NO2S. The Bertz CT molecular complexity index is 676. The molecule has 1 aromatic rings. The van der Waals surface area contributed by atoms with Crippen molar-refractivity contribution in [3.63, 3.8) is 0 Å². The fourth-order valence-electron chi connectivity index (χ4n) is 3.68. The molecule has 0 spiro atoms. The Morgan fingerprint density at radius 3 is 1.88 bits per heavy atom. The maximum absolute atomic E-state index is 13.6. The number of rotatable bonds is 5. The van der Waals surface area contributed by atoms with Gasteiger partial charge in [0.05, 0.1) is 4.90 Å². The first-order chi connectivity index (χ1) is 11.6. The fraction of sp³-hybridized carbons (Fsp3) is 0.714. The van der Waals surface area contributed by atoms with Gasteiger partial charge in [0.15, 0.2) is 0 Å². The van der Waals surface area contributed by atoms with Crippen molar-refractivity contribution in [1.29, 1.82) is 0 Å². The van der Waals surface area contributed by atoms with E-state index in [-0.39, 0.29) is 11.8 Å². The molecule has 0 unspecified atom stereocenters. The summed E-state index contributed by atoms with van der Waals surface area (Å²) >= 11 is 0. The Morgan fingerprint density at radius 1 is 0.960 bits per heavy atom. The van der Waals surface area contributed by atoms with Crippen LogP contribution in [0.3, 0.4) is 0 Å². The summed E-state index contributed by atoms with van der Waals surface area (Å²) < 4.78 is 28.9. The molecule has 1 heterocycles. The molecule has 0 N–H and O–H groups in total. The van der Waals surface area contributed by atoms with Gasteiger partial charge in [0.2, 0.25) is 10.0 Å². The SMILES string of the molecule is CC(C)c1cc(C(C)C)c(S(=O)(=O)N2CCC[C@@H](C)C2)c(C(C)C)c1. The minimum Gasteiger partial charge on any atom is -0.207 e. The molecule has 1 aliphatic heterocycles. The number of hydrogen-bond acceptors (Lipinski definition) is 2. The number of benzene rings is 1. The zero-order valence-corrected chi connectivity index (χ0v) is 17.8. The molecule has 0 aliphatic carbocycles. The molecule has 0 bridgehead atoms. The lowest BCUT2D eigenvalue weighted by Gasteiger charge is -2.32. The topological polar surface area (TPSA) is 37.4 Å². The summed E-state index contributed by atoms with van der Waals surface area (Å²) in [6.07, 6.45) is 2.07. The highest BCUT2D eigenvalue weighted by molar-refractivity contribution is 7.89. The van der Waals surface area contributed by atoms with Gasteiger partial charge in [0, 0.05) is 13.1 Å². The van der Waals surface area contributed by atoms with Crippen LogP contribution in [0.25, 0.3) is 0 Å². The van der Waals surface area contributed by atoms with Crippen LogP contribution in [-0.4, -0.2) is 25.8 Å². The number of piperidine rings is 1. The fourth-order valence-corrected chi connectivity index (χ4v) is 5.94. The molecule has 1 saturated heterocycles. The van der Waals surface area contributed by atoms with Gasteiger partial charge in [0.1, 0.15) is 0 Å². The smallest absolute Gasteiger partial charge is 0.207 e. The molecule has 142 valence electrons. The maximum Gasteiger partial charge on any atom is 0.243 e. The van der Waals surface area contributed by atoms with Crippen LogP contribution >= 0.6 is 0 Å². The Labute approximate surface area is 154 Å². The van der Waals surface area contributed by atoms with Gasteiger partial charge in [-0.25, -0.2) is 8.42 Å². The zero-order valence-electron chi connectivity index (χ0n) is 17.0. The van der Waals surface area contributed by atoms with Crippen LogP contribution in [0.15, 0.2) is 17.0 Å². The minimum absolute atomic E-state index is 0.184. The van der Waals surface area contributed by atoms with Crippen LogP contribution in [0, 0.1) is 5.92 Å². The van der Waals surface area contributed by atoms with Crippen LogP contribution in [0.4, 0.5) is 0 Å². The van der Waals surface area contributed by atoms with Crippen LogP contribution < -0.4 is 0 Å². The Hall–Kier alpha value is -0.870. The molecule has 0 amide bonds. The molecule has 0 saturated carbocycles. The van der Waals surface area contributed by atoms with E-state index in [1.807, 2.05) is 0 Å². The summed E-state index contributed by atoms with van der Waals surface area (Å²) in [6.45, 7) is 16.2. The predicted molar refractivity (Wildman–Crippen MR) is 106 cm³/mol. The molecule has 1 aromatic carbocycles. The van der Waals surface area contributed by atoms with Crippen molar-refractivity contribution in [3.05, 3.63) is 28.8 Å².